The summed E-state index contributed by atoms with van der Waals surface area (Å²) >= 11 is 0. The molecule has 0 fully saturated rings. The number of hydrogen-bond donors (Lipinski definition) is 0. The average Bonchev–Trinajstić information content (AvgIpc) is 2.88. The minimum atomic E-state index is 0.871. The van der Waals surface area contributed by atoms with Crippen LogP contribution in [0.4, 0.5) is 34.4 Å². The number of benzene rings is 3. The molecular weight excluding hydrogens is 392 g/mol. The van der Waals surface area contributed by atoms with Crippen LogP contribution in [0.25, 0.3) is 0 Å². The number of nitrogens with zero attached hydrogens (tertiary/aromatic N) is 4. The van der Waals surface area contributed by atoms with Gasteiger partial charge < -0.3 is 0 Å². The lowest BCUT2D eigenvalue weighted by Crippen LogP contribution is -2.13. The Labute approximate surface area is 188 Å². The average molecular weight is 415 g/mol. The molecule has 0 saturated carbocycles. The van der Waals surface area contributed by atoms with Crippen molar-refractivity contribution >= 4 is 34.4 Å². The van der Waals surface area contributed by atoms with Crippen LogP contribution < -0.4 is 9.80 Å². The number of pyridine rings is 2. The summed E-state index contributed by atoms with van der Waals surface area (Å²) < 4.78 is 0. The molecule has 4 heteroatoms. The van der Waals surface area contributed by atoms with Gasteiger partial charge in [-0.2, -0.15) is 0 Å². The van der Waals surface area contributed by atoms with Gasteiger partial charge in [0.25, 0.3) is 0 Å². The van der Waals surface area contributed by atoms with Crippen molar-refractivity contribution in [3.63, 3.8) is 0 Å². The van der Waals surface area contributed by atoms with E-state index < -0.39 is 0 Å². The third-order valence-corrected chi connectivity index (χ3v) is 5.15. The van der Waals surface area contributed by atoms with Gasteiger partial charge in [-0.05, 0) is 72.8 Å². The van der Waals surface area contributed by atoms with E-state index in [1.165, 1.54) is 0 Å². The summed E-state index contributed by atoms with van der Waals surface area (Å²) in [6.07, 6.45) is 3.63. The second-order valence-electron chi connectivity index (χ2n) is 7.23. The lowest BCUT2D eigenvalue weighted by molar-refractivity contribution is 1.16. The topological polar surface area (TPSA) is 32.3 Å². The first-order valence-electron chi connectivity index (χ1n) is 10.5. The fourth-order valence-electron chi connectivity index (χ4n) is 3.70. The maximum Gasteiger partial charge on any atom is 0.137 e. The fourth-order valence-corrected chi connectivity index (χ4v) is 3.70. The van der Waals surface area contributed by atoms with Gasteiger partial charge in [-0.25, -0.2) is 9.97 Å². The van der Waals surface area contributed by atoms with Crippen LogP contribution in [-0.4, -0.2) is 9.97 Å². The minimum Gasteiger partial charge on any atom is -0.295 e. The van der Waals surface area contributed by atoms with Crippen molar-refractivity contribution in [2.45, 2.75) is 0 Å². The Morgan fingerprint density at radius 1 is 0.344 bits per heavy atom. The Morgan fingerprint density at radius 2 is 0.688 bits per heavy atom. The Hall–Kier alpha value is -4.44. The molecule has 5 rings (SSSR count). The van der Waals surface area contributed by atoms with Gasteiger partial charge in [0.15, 0.2) is 0 Å². The maximum absolute atomic E-state index is 4.59. The third-order valence-electron chi connectivity index (χ3n) is 5.15. The van der Waals surface area contributed by atoms with Crippen molar-refractivity contribution < 1.29 is 0 Å². The highest BCUT2D eigenvalue weighted by Crippen LogP contribution is 2.37. The van der Waals surface area contributed by atoms with E-state index in [1.54, 1.807) is 0 Å². The van der Waals surface area contributed by atoms with Gasteiger partial charge >= 0.3 is 0 Å². The van der Waals surface area contributed by atoms with Gasteiger partial charge in [0.05, 0.1) is 0 Å². The van der Waals surface area contributed by atoms with E-state index in [1.807, 2.05) is 85.2 Å². The van der Waals surface area contributed by atoms with Gasteiger partial charge in [0, 0.05) is 35.1 Å². The van der Waals surface area contributed by atoms with E-state index in [4.69, 9.17) is 0 Å². The minimum absolute atomic E-state index is 0.871. The van der Waals surface area contributed by atoms with Crippen LogP contribution in [0.2, 0.25) is 0 Å². The van der Waals surface area contributed by atoms with E-state index in [0.717, 1.165) is 34.4 Å². The van der Waals surface area contributed by atoms with Gasteiger partial charge in [0.2, 0.25) is 0 Å². The second-order valence-corrected chi connectivity index (χ2v) is 7.23. The van der Waals surface area contributed by atoms with Gasteiger partial charge in [0.1, 0.15) is 11.6 Å². The highest BCUT2D eigenvalue weighted by atomic mass is 15.2. The number of hydrogen-bond acceptors (Lipinski definition) is 4. The molecule has 0 atom stereocenters. The Morgan fingerprint density at radius 3 is 1.03 bits per heavy atom. The standard InChI is InChI=1S/C28H22N4/c1-3-11-23(12-4-1)31(27-15-7-9-21-29-27)25-17-19-26(20-18-25)32(24-13-5-2-6-14-24)28-16-8-10-22-30-28/h1-22H. The summed E-state index contributed by atoms with van der Waals surface area (Å²) in [6.45, 7) is 0. The molecule has 3 aromatic carbocycles. The molecular formula is C28H22N4. The molecule has 32 heavy (non-hydrogen) atoms. The lowest BCUT2D eigenvalue weighted by atomic mass is 10.2. The van der Waals surface area contributed by atoms with Gasteiger partial charge in [-0.3, -0.25) is 9.80 Å². The number of rotatable bonds is 6. The number of aromatic nitrogens is 2. The summed E-state index contributed by atoms with van der Waals surface area (Å²) in [5.41, 5.74) is 4.19. The van der Waals surface area contributed by atoms with Crippen LogP contribution in [0.3, 0.4) is 0 Å². The molecule has 2 heterocycles. The molecule has 0 aliphatic rings. The van der Waals surface area contributed by atoms with Crippen LogP contribution in [0.5, 0.6) is 0 Å². The normalized spacial score (nSPS) is 10.5. The quantitative estimate of drug-likeness (QED) is 0.289. The molecule has 4 nitrogen and oxygen atoms in total. The molecule has 0 amide bonds. The van der Waals surface area contributed by atoms with Crippen molar-refractivity contribution in [2.75, 3.05) is 9.80 Å². The summed E-state index contributed by atoms with van der Waals surface area (Å²) in [7, 11) is 0. The predicted molar refractivity (Wildman–Crippen MR) is 131 cm³/mol. The highest BCUT2D eigenvalue weighted by Gasteiger charge is 2.16. The zero-order valence-corrected chi connectivity index (χ0v) is 17.5. The molecule has 0 radical (unpaired) electrons. The molecule has 0 bridgehead atoms. The summed E-state index contributed by atoms with van der Waals surface area (Å²) in [4.78, 5) is 13.5. The zero-order valence-electron chi connectivity index (χ0n) is 17.5. The monoisotopic (exact) mass is 414 g/mol. The maximum atomic E-state index is 4.59. The number of para-hydroxylation sites is 2. The number of anilines is 6. The van der Waals surface area contributed by atoms with Crippen LogP contribution in [-0.2, 0) is 0 Å². The molecule has 154 valence electrons. The van der Waals surface area contributed by atoms with Crippen LogP contribution in [0.1, 0.15) is 0 Å². The van der Waals surface area contributed by atoms with E-state index in [0.29, 0.717) is 0 Å². The molecule has 0 aliphatic carbocycles. The van der Waals surface area contributed by atoms with E-state index in [2.05, 4.69) is 68.3 Å². The van der Waals surface area contributed by atoms with Crippen molar-refractivity contribution in [3.8, 4) is 0 Å². The smallest absolute Gasteiger partial charge is 0.137 e. The Kier molecular flexibility index (Phi) is 5.58. The van der Waals surface area contributed by atoms with Crippen molar-refractivity contribution in [1.29, 1.82) is 0 Å². The molecule has 2 aromatic heterocycles. The molecule has 5 aromatic rings. The SMILES string of the molecule is c1ccc(N(c2ccc(N(c3ccccc3)c3ccccn3)cc2)c2ccccn2)cc1. The largest absolute Gasteiger partial charge is 0.295 e. The Balaban J connectivity index is 1.57. The van der Waals surface area contributed by atoms with E-state index >= 15 is 0 Å². The first-order valence-corrected chi connectivity index (χ1v) is 10.5. The van der Waals surface area contributed by atoms with Gasteiger partial charge in [-0.1, -0.05) is 48.5 Å². The van der Waals surface area contributed by atoms with Crippen LogP contribution >= 0.6 is 0 Å². The van der Waals surface area contributed by atoms with Crippen molar-refractivity contribution in [2.24, 2.45) is 0 Å². The van der Waals surface area contributed by atoms with Crippen molar-refractivity contribution in [3.05, 3.63) is 134 Å². The van der Waals surface area contributed by atoms with Gasteiger partial charge in [-0.15, -0.1) is 0 Å². The fraction of sp³-hybridized carbons (Fsp3) is 0. The zero-order chi connectivity index (χ0) is 21.6. The summed E-state index contributed by atoms with van der Waals surface area (Å²) in [5, 5.41) is 0. The Bertz CT molecular complexity index is 1060. The molecule has 0 spiro atoms. The third kappa shape index (κ3) is 4.07. The highest BCUT2D eigenvalue weighted by molar-refractivity contribution is 5.79. The van der Waals surface area contributed by atoms with Crippen LogP contribution in [0, 0.1) is 0 Å². The van der Waals surface area contributed by atoms with Crippen molar-refractivity contribution in [1.82, 2.24) is 9.97 Å². The molecule has 0 aliphatic heterocycles. The lowest BCUT2D eigenvalue weighted by Gasteiger charge is -2.27. The van der Waals surface area contributed by atoms with E-state index in [9.17, 15) is 0 Å². The molecule has 0 unspecified atom stereocenters. The molecule has 0 N–H and O–H groups in total. The summed E-state index contributed by atoms with van der Waals surface area (Å²) in [6, 6.07) is 41.0. The predicted octanol–water partition coefficient (Wildman–Crippen LogP) is 7.42. The van der Waals surface area contributed by atoms with E-state index in [-0.39, 0.29) is 0 Å². The molecule has 0 saturated heterocycles. The van der Waals surface area contributed by atoms with Crippen LogP contribution in [0.15, 0.2) is 134 Å². The first-order chi connectivity index (χ1) is 15.9. The second kappa shape index (κ2) is 9.14. The first kappa shape index (κ1) is 19.5. The summed E-state index contributed by atoms with van der Waals surface area (Å²) in [5.74, 6) is 1.74.